The SMILES string of the molecule is COc1ccc(-[n+]2noc([O-])c2SCC(=O)Nc2sc3c(c2C#N)CCN(C(=O)OC(C)(C)C)C3)cc1. The number of benzene rings is 1. The molecule has 0 atom stereocenters. The lowest BCUT2D eigenvalue weighted by atomic mass is 10.0. The van der Waals surface area contributed by atoms with Gasteiger partial charge in [-0.15, -0.1) is 11.3 Å². The topological polar surface area (TPSA) is 145 Å². The third kappa shape index (κ3) is 5.98. The third-order valence-electron chi connectivity index (χ3n) is 5.30. The Morgan fingerprint density at radius 3 is 2.73 bits per heavy atom. The number of nitrogens with zero attached hydrogens (tertiary/aromatic N) is 4. The summed E-state index contributed by atoms with van der Waals surface area (Å²) < 4.78 is 16.7. The van der Waals surface area contributed by atoms with Crippen LogP contribution in [-0.4, -0.2) is 47.2 Å². The predicted molar refractivity (Wildman–Crippen MR) is 133 cm³/mol. The van der Waals surface area contributed by atoms with Crippen molar-refractivity contribution in [3.8, 4) is 23.5 Å². The van der Waals surface area contributed by atoms with Crippen LogP contribution < -0.4 is 19.8 Å². The first-order chi connectivity index (χ1) is 17.6. The summed E-state index contributed by atoms with van der Waals surface area (Å²) in [7, 11) is 1.55. The first kappa shape index (κ1) is 26.3. The molecule has 4 rings (SSSR count). The standard InChI is InChI=1S/C24H25N5O6S2/c1-24(2,3)34-23(32)28-10-9-16-17(11-25)20(37-18(16)12-28)26-19(30)13-36-21-22(31)35-27-29(21)14-5-7-15(33-4)8-6-14/h5-8H,9-10,12-13H2,1-4H3,(H-,26,27,30,31). The number of ether oxygens (including phenoxy) is 2. The first-order valence-corrected chi connectivity index (χ1v) is 13.1. The van der Waals surface area contributed by atoms with Crippen LogP contribution in [0.1, 0.15) is 36.8 Å². The Kier molecular flexibility index (Phi) is 7.60. The summed E-state index contributed by atoms with van der Waals surface area (Å²) in [6, 6.07) is 9.03. The summed E-state index contributed by atoms with van der Waals surface area (Å²) in [4.78, 5) is 27.7. The minimum absolute atomic E-state index is 0.107. The van der Waals surface area contributed by atoms with E-state index in [1.165, 1.54) is 16.0 Å². The van der Waals surface area contributed by atoms with Crippen molar-refractivity contribution in [3.05, 3.63) is 40.3 Å². The lowest BCUT2D eigenvalue weighted by molar-refractivity contribution is -0.705. The maximum Gasteiger partial charge on any atom is 0.410 e. The molecule has 0 fully saturated rings. The Morgan fingerprint density at radius 1 is 1.35 bits per heavy atom. The quantitative estimate of drug-likeness (QED) is 0.366. The van der Waals surface area contributed by atoms with Crippen molar-refractivity contribution in [1.82, 2.24) is 10.2 Å². The number of thiophene rings is 1. The molecular formula is C24H25N5O6S2. The number of nitrogens with one attached hydrogen (secondary N) is 1. The van der Waals surface area contributed by atoms with E-state index in [0.717, 1.165) is 22.2 Å². The van der Waals surface area contributed by atoms with Gasteiger partial charge in [0.05, 0.1) is 30.2 Å². The molecule has 0 saturated carbocycles. The Hall–Kier alpha value is -3.76. The van der Waals surface area contributed by atoms with Crippen molar-refractivity contribution >= 4 is 40.1 Å². The number of carbonyl (C=O) groups is 2. The van der Waals surface area contributed by atoms with E-state index in [0.29, 0.717) is 41.5 Å². The molecule has 0 spiro atoms. The number of rotatable bonds is 6. The zero-order valence-corrected chi connectivity index (χ0v) is 22.3. The molecule has 0 aliphatic carbocycles. The molecule has 2 aromatic heterocycles. The number of carbonyl (C=O) groups excluding carboxylic acids is 2. The van der Waals surface area contributed by atoms with Gasteiger partial charge in [-0.2, -0.15) is 5.26 Å². The van der Waals surface area contributed by atoms with Crippen molar-refractivity contribution in [3.63, 3.8) is 0 Å². The number of aromatic nitrogens is 2. The Bertz CT molecular complexity index is 1350. The Labute approximate surface area is 221 Å². The van der Waals surface area contributed by atoms with E-state index in [4.69, 9.17) is 14.0 Å². The van der Waals surface area contributed by atoms with Crippen LogP contribution in [0, 0.1) is 11.3 Å². The second-order valence-corrected chi connectivity index (χ2v) is 11.2. The highest BCUT2D eigenvalue weighted by atomic mass is 32.2. The van der Waals surface area contributed by atoms with E-state index in [1.54, 1.807) is 57.0 Å². The summed E-state index contributed by atoms with van der Waals surface area (Å²) in [5.41, 5.74) is 1.18. The summed E-state index contributed by atoms with van der Waals surface area (Å²) >= 11 is 2.23. The fraction of sp³-hybridized carbons (Fsp3) is 0.375. The number of fused-ring (bicyclic) bond motifs is 1. The van der Waals surface area contributed by atoms with Gasteiger partial charge >= 0.3 is 6.09 Å². The van der Waals surface area contributed by atoms with Crippen molar-refractivity contribution in [2.75, 3.05) is 24.7 Å². The largest absolute Gasteiger partial charge is 0.538 e. The molecule has 194 valence electrons. The lowest BCUT2D eigenvalue weighted by Crippen LogP contribution is -2.39. The summed E-state index contributed by atoms with van der Waals surface area (Å²) in [5, 5.41) is 29.0. The van der Waals surface area contributed by atoms with E-state index in [1.807, 2.05) is 0 Å². The van der Waals surface area contributed by atoms with E-state index >= 15 is 0 Å². The van der Waals surface area contributed by atoms with Gasteiger partial charge in [-0.05, 0) is 61.3 Å². The van der Waals surface area contributed by atoms with Crippen molar-refractivity contribution in [2.24, 2.45) is 0 Å². The molecule has 1 N–H and O–H groups in total. The van der Waals surface area contributed by atoms with Gasteiger partial charge in [-0.1, -0.05) is 0 Å². The van der Waals surface area contributed by atoms with Crippen LogP contribution >= 0.6 is 23.1 Å². The fourth-order valence-electron chi connectivity index (χ4n) is 3.64. The number of hydrogen-bond donors (Lipinski definition) is 1. The zero-order chi connectivity index (χ0) is 26.7. The second kappa shape index (κ2) is 10.7. The number of anilines is 1. The van der Waals surface area contributed by atoms with Gasteiger partial charge < -0.3 is 29.3 Å². The Morgan fingerprint density at radius 2 is 2.08 bits per heavy atom. The number of nitriles is 1. The van der Waals surface area contributed by atoms with E-state index in [9.17, 15) is 20.0 Å². The molecule has 0 bridgehead atoms. The highest BCUT2D eigenvalue weighted by Crippen LogP contribution is 2.37. The van der Waals surface area contributed by atoms with Gasteiger partial charge in [0.25, 0.3) is 5.03 Å². The number of amides is 2. The van der Waals surface area contributed by atoms with Gasteiger partial charge in [-0.3, -0.25) is 4.79 Å². The van der Waals surface area contributed by atoms with Crippen LogP contribution in [-0.2, 0) is 22.5 Å². The van der Waals surface area contributed by atoms with Gasteiger partial charge in [0.15, 0.2) is 5.95 Å². The first-order valence-electron chi connectivity index (χ1n) is 11.3. The molecule has 11 nitrogen and oxygen atoms in total. The van der Waals surface area contributed by atoms with Gasteiger partial charge in [0, 0.05) is 23.6 Å². The van der Waals surface area contributed by atoms with E-state index in [-0.39, 0.29) is 10.8 Å². The molecule has 0 radical (unpaired) electrons. The van der Waals surface area contributed by atoms with Crippen molar-refractivity contribution in [1.29, 1.82) is 5.26 Å². The van der Waals surface area contributed by atoms with E-state index in [2.05, 4.69) is 16.7 Å². The van der Waals surface area contributed by atoms with Gasteiger partial charge in [-0.25, -0.2) is 4.79 Å². The molecule has 13 heteroatoms. The Balaban J connectivity index is 1.44. The van der Waals surface area contributed by atoms with Crippen LogP contribution in [0.3, 0.4) is 0 Å². The highest BCUT2D eigenvalue weighted by molar-refractivity contribution is 7.99. The molecule has 0 saturated heterocycles. The molecule has 37 heavy (non-hydrogen) atoms. The monoisotopic (exact) mass is 543 g/mol. The zero-order valence-electron chi connectivity index (χ0n) is 20.7. The van der Waals surface area contributed by atoms with Crippen LogP contribution in [0.25, 0.3) is 5.69 Å². The molecule has 2 amide bonds. The fourth-order valence-corrected chi connectivity index (χ4v) is 5.62. The average Bonchev–Trinajstić information content (AvgIpc) is 3.40. The number of methoxy groups -OCH3 is 1. The molecule has 0 unspecified atom stereocenters. The number of hydrogen-bond acceptors (Lipinski definition) is 10. The lowest BCUT2D eigenvalue weighted by Gasteiger charge is -2.29. The average molecular weight is 544 g/mol. The van der Waals surface area contributed by atoms with Crippen molar-refractivity contribution in [2.45, 2.75) is 44.4 Å². The van der Waals surface area contributed by atoms with Gasteiger partial charge in [0.1, 0.15) is 22.4 Å². The van der Waals surface area contributed by atoms with Crippen LogP contribution in [0.2, 0.25) is 0 Å². The molecular weight excluding hydrogens is 518 g/mol. The van der Waals surface area contributed by atoms with Crippen LogP contribution in [0.15, 0.2) is 33.8 Å². The summed E-state index contributed by atoms with van der Waals surface area (Å²) in [5.74, 6) is -0.527. The van der Waals surface area contributed by atoms with Gasteiger partial charge in [0.2, 0.25) is 11.6 Å². The summed E-state index contributed by atoms with van der Waals surface area (Å²) in [6.07, 6.45) is 0.0695. The maximum absolute atomic E-state index is 12.8. The molecule has 1 aliphatic heterocycles. The smallest absolute Gasteiger partial charge is 0.410 e. The predicted octanol–water partition coefficient (Wildman–Crippen LogP) is 2.99. The molecule has 3 heterocycles. The molecule has 3 aromatic rings. The highest BCUT2D eigenvalue weighted by Gasteiger charge is 2.30. The molecule has 1 aliphatic rings. The summed E-state index contributed by atoms with van der Waals surface area (Å²) in [6.45, 7) is 6.13. The number of thioether (sulfide) groups is 1. The third-order valence-corrected chi connectivity index (χ3v) is 7.45. The maximum atomic E-state index is 12.8. The van der Waals surface area contributed by atoms with Crippen LogP contribution in [0.4, 0.5) is 9.80 Å². The molecule has 1 aromatic carbocycles. The normalized spacial score (nSPS) is 13.0. The second-order valence-electron chi connectivity index (χ2n) is 9.08. The van der Waals surface area contributed by atoms with Crippen molar-refractivity contribution < 1.29 is 33.4 Å². The van der Waals surface area contributed by atoms with Crippen LogP contribution in [0.5, 0.6) is 11.7 Å². The minimum atomic E-state index is -0.667. The minimum Gasteiger partial charge on any atom is -0.538 e. The van der Waals surface area contributed by atoms with E-state index < -0.39 is 23.5 Å².